The summed E-state index contributed by atoms with van der Waals surface area (Å²) >= 11 is 1.96. The highest BCUT2D eigenvalue weighted by Gasteiger charge is 2.16. The average Bonchev–Trinajstić information content (AvgIpc) is 2.16. The van der Waals surface area contributed by atoms with Crippen molar-refractivity contribution in [2.75, 3.05) is 15.9 Å². The predicted octanol–water partition coefficient (Wildman–Crippen LogP) is 1.18. The Morgan fingerprint density at radius 3 is 2.50 bits per heavy atom. The Morgan fingerprint density at radius 1 is 1.44 bits per heavy atom. The molecule has 0 aliphatic heterocycles. The molecule has 0 aromatic heterocycles. The van der Waals surface area contributed by atoms with E-state index in [4.69, 9.17) is 10.8 Å². The molecule has 1 rings (SSSR count). The highest BCUT2D eigenvalue weighted by atomic mass is 127. The first-order valence-electron chi connectivity index (χ1n) is 4.30. The molecule has 0 radical (unpaired) electrons. The van der Waals surface area contributed by atoms with Crippen LogP contribution in [0.1, 0.15) is 10.4 Å². The van der Waals surface area contributed by atoms with Gasteiger partial charge in [-0.05, 0) is 18.2 Å². The van der Waals surface area contributed by atoms with E-state index in [1.807, 2.05) is 22.6 Å². The Bertz CT molecular complexity index is 512. The molecule has 0 bridgehead atoms. The van der Waals surface area contributed by atoms with Gasteiger partial charge in [0.1, 0.15) is 0 Å². The molecule has 16 heavy (non-hydrogen) atoms. The number of aromatic carboxylic acids is 1. The molecule has 0 saturated heterocycles. The zero-order valence-corrected chi connectivity index (χ0v) is 11.2. The van der Waals surface area contributed by atoms with Crippen LogP contribution in [0.15, 0.2) is 23.1 Å². The van der Waals surface area contributed by atoms with Crippen molar-refractivity contribution < 1.29 is 18.3 Å². The van der Waals surface area contributed by atoms with Crippen LogP contribution in [0.4, 0.5) is 5.69 Å². The van der Waals surface area contributed by atoms with Gasteiger partial charge in [-0.25, -0.2) is 13.2 Å². The van der Waals surface area contributed by atoms with E-state index in [-0.39, 0.29) is 21.9 Å². The largest absolute Gasteiger partial charge is 0.478 e. The molecule has 0 heterocycles. The second-order valence-electron chi connectivity index (χ2n) is 3.06. The second kappa shape index (κ2) is 5.00. The number of hydrogen-bond donors (Lipinski definition) is 2. The van der Waals surface area contributed by atoms with Gasteiger partial charge in [0.05, 0.1) is 16.2 Å². The second-order valence-corrected chi connectivity index (χ2v) is 6.25. The minimum absolute atomic E-state index is 0.0133. The molecule has 88 valence electrons. The fraction of sp³-hybridized carbons (Fsp3) is 0.222. The van der Waals surface area contributed by atoms with Gasteiger partial charge in [0.15, 0.2) is 9.84 Å². The zero-order valence-electron chi connectivity index (χ0n) is 8.18. The molecule has 0 aliphatic carbocycles. The Balaban J connectivity index is 3.21. The maximum atomic E-state index is 11.7. The number of hydrogen-bond acceptors (Lipinski definition) is 4. The number of anilines is 1. The standard InChI is InChI=1S/C9H10INO4S/c10-3-4-16(14,15)6-1-2-7(9(12)13)8(11)5-6/h1-2,5H,3-4,11H2,(H,12,13). The van der Waals surface area contributed by atoms with Crippen LogP contribution in [0, 0.1) is 0 Å². The molecule has 1 aromatic carbocycles. The fourth-order valence-corrected chi connectivity index (χ4v) is 3.91. The summed E-state index contributed by atoms with van der Waals surface area (Å²) in [7, 11) is -3.36. The summed E-state index contributed by atoms with van der Waals surface area (Å²) in [6.45, 7) is 0. The van der Waals surface area contributed by atoms with Crippen molar-refractivity contribution in [1.82, 2.24) is 0 Å². The van der Waals surface area contributed by atoms with E-state index in [0.29, 0.717) is 4.43 Å². The summed E-state index contributed by atoms with van der Waals surface area (Å²) in [5.41, 5.74) is 5.34. The minimum atomic E-state index is -3.36. The fourth-order valence-electron chi connectivity index (χ4n) is 1.15. The molecule has 3 N–H and O–H groups in total. The molecule has 0 saturated carbocycles. The van der Waals surface area contributed by atoms with Gasteiger partial charge in [-0.15, -0.1) is 0 Å². The summed E-state index contributed by atoms with van der Waals surface area (Å²) in [6, 6.07) is 3.66. The van der Waals surface area contributed by atoms with Crippen molar-refractivity contribution in [1.29, 1.82) is 0 Å². The van der Waals surface area contributed by atoms with E-state index in [2.05, 4.69) is 0 Å². The van der Waals surface area contributed by atoms with E-state index >= 15 is 0 Å². The lowest BCUT2D eigenvalue weighted by Crippen LogP contribution is -2.10. The molecule has 0 unspecified atom stereocenters. The van der Waals surface area contributed by atoms with Crippen LogP contribution in [-0.2, 0) is 9.84 Å². The number of carboxylic acid groups (broad SMARTS) is 1. The Kier molecular flexibility index (Phi) is 4.14. The van der Waals surface area contributed by atoms with Crippen LogP contribution in [0.25, 0.3) is 0 Å². The number of sulfone groups is 1. The number of benzene rings is 1. The first-order valence-corrected chi connectivity index (χ1v) is 7.48. The predicted molar refractivity (Wildman–Crippen MR) is 68.8 cm³/mol. The van der Waals surface area contributed by atoms with Gasteiger partial charge in [-0.3, -0.25) is 0 Å². The third-order valence-corrected chi connectivity index (χ3v) is 4.94. The zero-order chi connectivity index (χ0) is 12.3. The lowest BCUT2D eigenvalue weighted by atomic mass is 10.2. The van der Waals surface area contributed by atoms with Gasteiger partial charge in [0.25, 0.3) is 0 Å². The number of alkyl halides is 1. The van der Waals surface area contributed by atoms with Crippen LogP contribution in [0.5, 0.6) is 0 Å². The highest BCUT2D eigenvalue weighted by molar-refractivity contribution is 14.1. The van der Waals surface area contributed by atoms with Crippen molar-refractivity contribution >= 4 is 44.1 Å². The van der Waals surface area contributed by atoms with Crippen molar-refractivity contribution in [3.8, 4) is 0 Å². The third kappa shape index (κ3) is 2.85. The van der Waals surface area contributed by atoms with E-state index in [0.717, 1.165) is 0 Å². The van der Waals surface area contributed by atoms with Crippen LogP contribution < -0.4 is 5.73 Å². The van der Waals surface area contributed by atoms with E-state index in [9.17, 15) is 13.2 Å². The molecular weight excluding hydrogens is 345 g/mol. The van der Waals surface area contributed by atoms with Gasteiger partial charge in [0.2, 0.25) is 0 Å². The molecule has 5 nitrogen and oxygen atoms in total. The van der Waals surface area contributed by atoms with Gasteiger partial charge >= 0.3 is 5.97 Å². The first-order chi connectivity index (χ1) is 7.38. The molecule has 0 atom stereocenters. The molecule has 0 aliphatic rings. The van der Waals surface area contributed by atoms with Gasteiger partial charge in [-0.2, -0.15) is 0 Å². The summed E-state index contributed by atoms with van der Waals surface area (Å²) in [5.74, 6) is -1.16. The third-order valence-electron chi connectivity index (χ3n) is 1.96. The van der Waals surface area contributed by atoms with Crippen LogP contribution >= 0.6 is 22.6 Å². The lowest BCUT2D eigenvalue weighted by molar-refractivity contribution is 0.0698. The quantitative estimate of drug-likeness (QED) is 0.480. The van der Waals surface area contributed by atoms with E-state index in [1.54, 1.807) is 0 Å². The molecule has 0 amide bonds. The summed E-state index contributed by atoms with van der Waals surface area (Å²) in [4.78, 5) is 10.7. The SMILES string of the molecule is Nc1cc(S(=O)(=O)CCI)ccc1C(=O)O. The maximum Gasteiger partial charge on any atom is 0.337 e. The first kappa shape index (κ1) is 13.2. The molecule has 1 aromatic rings. The van der Waals surface area contributed by atoms with Crippen molar-refractivity contribution in [2.45, 2.75) is 4.90 Å². The Labute approximate surface area is 107 Å². The van der Waals surface area contributed by atoms with Gasteiger partial charge in [0, 0.05) is 10.1 Å². The number of nitrogen functional groups attached to an aromatic ring is 1. The Morgan fingerprint density at radius 2 is 2.06 bits per heavy atom. The number of halogens is 1. The smallest absolute Gasteiger partial charge is 0.337 e. The average molecular weight is 355 g/mol. The number of carbonyl (C=O) groups is 1. The van der Waals surface area contributed by atoms with Gasteiger partial charge in [-0.1, -0.05) is 22.6 Å². The minimum Gasteiger partial charge on any atom is -0.478 e. The molecule has 0 spiro atoms. The van der Waals surface area contributed by atoms with E-state index in [1.165, 1.54) is 18.2 Å². The lowest BCUT2D eigenvalue weighted by Gasteiger charge is -2.05. The normalized spacial score (nSPS) is 11.3. The summed E-state index contributed by atoms with van der Waals surface area (Å²) < 4.78 is 23.8. The summed E-state index contributed by atoms with van der Waals surface area (Å²) in [6.07, 6.45) is 0. The monoisotopic (exact) mass is 355 g/mol. The maximum absolute atomic E-state index is 11.7. The molecule has 0 fully saturated rings. The van der Waals surface area contributed by atoms with Crippen LogP contribution in [0.2, 0.25) is 0 Å². The Hall–Kier alpha value is -0.830. The highest BCUT2D eigenvalue weighted by Crippen LogP contribution is 2.19. The topological polar surface area (TPSA) is 97.5 Å². The van der Waals surface area contributed by atoms with Crippen molar-refractivity contribution in [3.63, 3.8) is 0 Å². The number of carboxylic acids is 1. The van der Waals surface area contributed by atoms with Crippen LogP contribution in [0.3, 0.4) is 0 Å². The molecule has 7 heteroatoms. The van der Waals surface area contributed by atoms with E-state index < -0.39 is 15.8 Å². The van der Waals surface area contributed by atoms with Crippen molar-refractivity contribution in [2.24, 2.45) is 0 Å². The van der Waals surface area contributed by atoms with Crippen molar-refractivity contribution in [3.05, 3.63) is 23.8 Å². The summed E-state index contributed by atoms with van der Waals surface area (Å²) in [5, 5.41) is 8.73. The number of nitrogens with two attached hydrogens (primary N) is 1. The van der Waals surface area contributed by atoms with Gasteiger partial charge < -0.3 is 10.8 Å². The molecular formula is C9H10INO4S. The number of rotatable bonds is 4. The van der Waals surface area contributed by atoms with Crippen LogP contribution in [-0.4, -0.2) is 29.7 Å².